The second-order valence-corrected chi connectivity index (χ2v) is 4.44. The second-order valence-electron chi connectivity index (χ2n) is 4.44. The van der Waals surface area contributed by atoms with Crippen LogP contribution in [0.3, 0.4) is 0 Å². The summed E-state index contributed by atoms with van der Waals surface area (Å²) in [4.78, 5) is 21.7. The second kappa shape index (κ2) is 6.29. The third-order valence-electron chi connectivity index (χ3n) is 2.89. The summed E-state index contributed by atoms with van der Waals surface area (Å²) < 4.78 is 27.5. The molecule has 0 radical (unpaired) electrons. The summed E-state index contributed by atoms with van der Waals surface area (Å²) in [6.07, 6.45) is 0.0495. The normalized spacial score (nSPS) is 10.6. The van der Waals surface area contributed by atoms with Crippen molar-refractivity contribution in [2.24, 2.45) is 0 Å². The van der Waals surface area contributed by atoms with Crippen LogP contribution in [0.25, 0.3) is 11.3 Å². The van der Waals surface area contributed by atoms with E-state index >= 15 is 0 Å². The molecule has 116 valence electrons. The lowest BCUT2D eigenvalue weighted by atomic mass is 10.1. The van der Waals surface area contributed by atoms with E-state index in [4.69, 9.17) is 10.2 Å². The smallest absolute Gasteiger partial charge is 0.358 e. The van der Waals surface area contributed by atoms with Gasteiger partial charge >= 0.3 is 11.9 Å². The highest BCUT2D eigenvalue weighted by molar-refractivity contribution is 5.92. The molecule has 0 fully saturated rings. The Balaban J connectivity index is 2.41. The lowest BCUT2D eigenvalue weighted by molar-refractivity contribution is -0.137. The maximum atomic E-state index is 13.3. The fourth-order valence-electron chi connectivity index (χ4n) is 1.92. The number of rotatable bonds is 6. The SMILES string of the molecule is O=C(O)CCCn1nnc(C(=O)O)c1-c1ccc(F)c(F)c1. The first kappa shape index (κ1) is 15.5. The molecule has 2 aromatic rings. The third-order valence-corrected chi connectivity index (χ3v) is 2.89. The summed E-state index contributed by atoms with van der Waals surface area (Å²) in [5.74, 6) is -4.57. The molecule has 1 heterocycles. The monoisotopic (exact) mass is 311 g/mol. The molecule has 1 aromatic heterocycles. The van der Waals surface area contributed by atoms with Crippen molar-refractivity contribution in [3.63, 3.8) is 0 Å². The minimum absolute atomic E-state index is 0.00297. The van der Waals surface area contributed by atoms with Crippen molar-refractivity contribution in [3.05, 3.63) is 35.5 Å². The first-order valence-electron chi connectivity index (χ1n) is 6.24. The number of halogens is 2. The summed E-state index contributed by atoms with van der Waals surface area (Å²) in [5.41, 5.74) is -0.324. The Bertz CT molecular complexity index is 730. The molecular weight excluding hydrogens is 300 g/mol. The zero-order valence-electron chi connectivity index (χ0n) is 11.2. The zero-order valence-corrected chi connectivity index (χ0v) is 11.2. The fourth-order valence-corrected chi connectivity index (χ4v) is 1.92. The van der Waals surface area contributed by atoms with E-state index in [9.17, 15) is 18.4 Å². The average molecular weight is 311 g/mol. The van der Waals surface area contributed by atoms with E-state index in [2.05, 4.69) is 10.3 Å². The number of aliphatic carboxylic acids is 1. The Morgan fingerprint density at radius 3 is 2.50 bits per heavy atom. The van der Waals surface area contributed by atoms with Crippen LogP contribution in [0, 0.1) is 11.6 Å². The van der Waals surface area contributed by atoms with Gasteiger partial charge in [-0.2, -0.15) is 0 Å². The highest BCUT2D eigenvalue weighted by Crippen LogP contribution is 2.24. The highest BCUT2D eigenvalue weighted by Gasteiger charge is 2.21. The molecule has 1 aromatic carbocycles. The van der Waals surface area contributed by atoms with E-state index in [-0.39, 0.29) is 30.6 Å². The third kappa shape index (κ3) is 3.25. The number of carboxylic acids is 2. The highest BCUT2D eigenvalue weighted by atomic mass is 19.2. The standard InChI is InChI=1S/C13H11F2N3O4/c14-8-4-3-7(6-9(8)15)12-11(13(21)22)16-17-18(12)5-1-2-10(19)20/h3-4,6H,1-2,5H2,(H,19,20)(H,21,22). The van der Waals surface area contributed by atoms with E-state index in [1.54, 1.807) is 0 Å². The molecule has 7 nitrogen and oxygen atoms in total. The molecule has 0 saturated carbocycles. The number of carbonyl (C=O) groups is 2. The Kier molecular flexibility index (Phi) is 4.44. The summed E-state index contributed by atoms with van der Waals surface area (Å²) in [6, 6.07) is 2.91. The fraction of sp³-hybridized carbons (Fsp3) is 0.231. The van der Waals surface area contributed by atoms with Crippen molar-refractivity contribution in [2.45, 2.75) is 19.4 Å². The van der Waals surface area contributed by atoms with Crippen molar-refractivity contribution < 1.29 is 28.6 Å². The number of hydrogen-bond acceptors (Lipinski definition) is 4. The van der Waals surface area contributed by atoms with Gasteiger partial charge in [-0.3, -0.25) is 4.79 Å². The number of aromatic nitrogens is 3. The summed E-state index contributed by atoms with van der Waals surface area (Å²) >= 11 is 0. The summed E-state index contributed by atoms with van der Waals surface area (Å²) in [6.45, 7) is 0.0842. The molecule has 0 amide bonds. The number of hydrogen-bond donors (Lipinski definition) is 2. The lowest BCUT2D eigenvalue weighted by Crippen LogP contribution is -2.07. The van der Waals surface area contributed by atoms with Crippen molar-refractivity contribution >= 4 is 11.9 Å². The van der Waals surface area contributed by atoms with Crippen LogP contribution in [0.2, 0.25) is 0 Å². The van der Waals surface area contributed by atoms with Gasteiger partial charge in [0.15, 0.2) is 17.3 Å². The zero-order chi connectivity index (χ0) is 16.3. The van der Waals surface area contributed by atoms with Crippen LogP contribution in [-0.2, 0) is 11.3 Å². The number of aryl methyl sites for hydroxylation is 1. The Labute approximate surface area is 122 Å². The van der Waals surface area contributed by atoms with Gasteiger partial charge in [0.2, 0.25) is 0 Å². The van der Waals surface area contributed by atoms with Gasteiger partial charge in [-0.15, -0.1) is 5.10 Å². The van der Waals surface area contributed by atoms with Crippen LogP contribution in [-0.4, -0.2) is 37.1 Å². The molecule has 0 spiro atoms. The van der Waals surface area contributed by atoms with Crippen LogP contribution in [0.1, 0.15) is 23.3 Å². The predicted octanol–water partition coefficient (Wildman–Crippen LogP) is 1.79. The molecule has 0 atom stereocenters. The van der Waals surface area contributed by atoms with Gasteiger partial charge in [0, 0.05) is 18.5 Å². The van der Waals surface area contributed by atoms with E-state index < -0.39 is 29.3 Å². The van der Waals surface area contributed by atoms with Crippen LogP contribution in [0.15, 0.2) is 18.2 Å². The van der Waals surface area contributed by atoms with E-state index in [0.29, 0.717) is 0 Å². The van der Waals surface area contributed by atoms with Gasteiger partial charge in [0.25, 0.3) is 0 Å². The number of carboxylic acid groups (broad SMARTS) is 2. The molecule has 22 heavy (non-hydrogen) atoms. The number of benzene rings is 1. The largest absolute Gasteiger partial charge is 0.481 e. The maximum Gasteiger partial charge on any atom is 0.358 e. The van der Waals surface area contributed by atoms with Crippen LogP contribution in [0.5, 0.6) is 0 Å². The Morgan fingerprint density at radius 1 is 1.18 bits per heavy atom. The number of aromatic carboxylic acids is 1. The molecule has 0 bridgehead atoms. The van der Waals surface area contributed by atoms with Crippen LogP contribution >= 0.6 is 0 Å². The molecule has 0 aliphatic rings. The van der Waals surface area contributed by atoms with E-state index in [1.165, 1.54) is 10.7 Å². The van der Waals surface area contributed by atoms with Gasteiger partial charge in [0.05, 0.1) is 0 Å². The molecule has 0 saturated heterocycles. The molecule has 0 aliphatic heterocycles. The van der Waals surface area contributed by atoms with Gasteiger partial charge in [-0.25, -0.2) is 18.3 Å². The van der Waals surface area contributed by atoms with Crippen molar-refractivity contribution in [3.8, 4) is 11.3 Å². The minimum atomic E-state index is -1.37. The molecule has 2 rings (SSSR count). The summed E-state index contributed by atoms with van der Waals surface area (Å²) in [7, 11) is 0. The quantitative estimate of drug-likeness (QED) is 0.842. The molecule has 0 unspecified atom stereocenters. The van der Waals surface area contributed by atoms with Crippen molar-refractivity contribution in [2.75, 3.05) is 0 Å². The molecular formula is C13H11F2N3O4. The molecule has 2 N–H and O–H groups in total. The van der Waals surface area contributed by atoms with Gasteiger partial charge < -0.3 is 10.2 Å². The topological polar surface area (TPSA) is 105 Å². The van der Waals surface area contributed by atoms with Gasteiger partial charge in [-0.05, 0) is 24.6 Å². The van der Waals surface area contributed by atoms with Crippen molar-refractivity contribution in [1.29, 1.82) is 0 Å². The first-order chi connectivity index (χ1) is 10.4. The molecule has 9 heteroatoms. The Morgan fingerprint density at radius 2 is 1.91 bits per heavy atom. The van der Waals surface area contributed by atoms with Crippen LogP contribution < -0.4 is 0 Å². The van der Waals surface area contributed by atoms with Crippen molar-refractivity contribution in [1.82, 2.24) is 15.0 Å². The average Bonchev–Trinajstić information content (AvgIpc) is 2.85. The van der Waals surface area contributed by atoms with E-state index in [1.807, 2.05) is 0 Å². The first-order valence-corrected chi connectivity index (χ1v) is 6.24. The predicted molar refractivity (Wildman–Crippen MR) is 69.2 cm³/mol. The number of nitrogens with zero attached hydrogens (tertiary/aromatic N) is 3. The summed E-state index contributed by atoms with van der Waals surface area (Å²) in [5, 5.41) is 24.8. The molecule has 0 aliphatic carbocycles. The van der Waals surface area contributed by atoms with E-state index in [0.717, 1.165) is 12.1 Å². The van der Waals surface area contributed by atoms with Gasteiger partial charge in [0.1, 0.15) is 5.69 Å². The lowest BCUT2D eigenvalue weighted by Gasteiger charge is -2.07. The van der Waals surface area contributed by atoms with Gasteiger partial charge in [-0.1, -0.05) is 5.21 Å². The minimum Gasteiger partial charge on any atom is -0.481 e. The van der Waals surface area contributed by atoms with Crippen LogP contribution in [0.4, 0.5) is 8.78 Å². The Hall–Kier alpha value is -2.84. The maximum absolute atomic E-state index is 13.3.